The molecular weight excluding hydrogens is 228 g/mol. The summed E-state index contributed by atoms with van der Waals surface area (Å²) in [6.45, 7) is 0.609. The number of aryl methyl sites for hydroxylation is 1. The van der Waals surface area contributed by atoms with Crippen molar-refractivity contribution in [2.75, 3.05) is 6.54 Å². The van der Waals surface area contributed by atoms with Gasteiger partial charge in [-0.05, 0) is 30.5 Å². The molecule has 2 rings (SSSR count). The maximum absolute atomic E-state index is 11.6. The average Bonchev–Trinajstić information content (AvgIpc) is 2.39. The quantitative estimate of drug-likeness (QED) is 0.724. The smallest absolute Gasteiger partial charge is 0.251 e. The van der Waals surface area contributed by atoms with Gasteiger partial charge in [-0.2, -0.15) is 0 Å². The van der Waals surface area contributed by atoms with E-state index in [0.717, 1.165) is 18.4 Å². The monoisotopic (exact) mass is 240 g/mol. The molecule has 1 aliphatic heterocycles. The molecule has 0 unspecified atom stereocenters. The molecule has 1 aromatic rings. The minimum absolute atomic E-state index is 0.0247. The number of amides is 1. The van der Waals surface area contributed by atoms with Gasteiger partial charge in [0, 0.05) is 12.1 Å². The Morgan fingerprint density at radius 1 is 1.31 bits per heavy atom. The van der Waals surface area contributed by atoms with Gasteiger partial charge in [0.05, 0.1) is 4.90 Å². The van der Waals surface area contributed by atoms with Crippen molar-refractivity contribution in [2.45, 2.75) is 17.7 Å². The lowest BCUT2D eigenvalue weighted by Crippen LogP contribution is -2.23. The Bertz CT molecular complexity index is 537. The summed E-state index contributed by atoms with van der Waals surface area (Å²) in [7, 11) is -3.75. The van der Waals surface area contributed by atoms with Gasteiger partial charge in [0.15, 0.2) is 0 Å². The molecule has 0 radical (unpaired) electrons. The van der Waals surface area contributed by atoms with Gasteiger partial charge < -0.3 is 5.32 Å². The molecule has 3 N–H and O–H groups in total. The van der Waals surface area contributed by atoms with E-state index in [1.165, 1.54) is 12.1 Å². The first-order valence-corrected chi connectivity index (χ1v) is 6.47. The Hall–Kier alpha value is -1.40. The number of hydrogen-bond donors (Lipinski definition) is 2. The number of carbonyl (C=O) groups is 1. The fourth-order valence-corrected chi connectivity index (χ4v) is 2.28. The fraction of sp³-hybridized carbons (Fsp3) is 0.300. The molecule has 0 saturated carbocycles. The second kappa shape index (κ2) is 3.88. The van der Waals surface area contributed by atoms with Crippen LogP contribution in [0.15, 0.2) is 23.1 Å². The first-order valence-electron chi connectivity index (χ1n) is 4.92. The number of nitrogens with one attached hydrogen (secondary N) is 1. The molecule has 0 bridgehead atoms. The SMILES string of the molecule is NS(=O)(=O)c1ccc2c(c1)C(=O)NCCC2. The number of benzene rings is 1. The third-order valence-electron chi connectivity index (χ3n) is 2.56. The molecule has 86 valence electrons. The van der Waals surface area contributed by atoms with Crippen LogP contribution in [0.4, 0.5) is 0 Å². The van der Waals surface area contributed by atoms with Gasteiger partial charge in [-0.3, -0.25) is 4.79 Å². The maximum Gasteiger partial charge on any atom is 0.251 e. The largest absolute Gasteiger partial charge is 0.352 e. The van der Waals surface area contributed by atoms with Crippen LogP contribution >= 0.6 is 0 Å². The Morgan fingerprint density at radius 2 is 2.06 bits per heavy atom. The Labute approximate surface area is 93.7 Å². The van der Waals surface area contributed by atoms with Gasteiger partial charge in [0.1, 0.15) is 0 Å². The van der Waals surface area contributed by atoms with E-state index in [1.807, 2.05) is 0 Å². The molecule has 16 heavy (non-hydrogen) atoms. The zero-order valence-electron chi connectivity index (χ0n) is 8.56. The number of primary sulfonamides is 1. The predicted octanol–water partition coefficient (Wildman–Crippen LogP) is 0.0100. The Morgan fingerprint density at radius 3 is 2.75 bits per heavy atom. The molecule has 0 spiro atoms. The van der Waals surface area contributed by atoms with Crippen LogP contribution in [0.5, 0.6) is 0 Å². The highest BCUT2D eigenvalue weighted by molar-refractivity contribution is 7.89. The summed E-state index contributed by atoms with van der Waals surface area (Å²) in [5, 5.41) is 7.72. The normalized spacial score (nSPS) is 16.2. The number of hydrogen-bond acceptors (Lipinski definition) is 3. The molecule has 1 amide bonds. The molecule has 1 aromatic carbocycles. The Kier molecular flexibility index (Phi) is 2.69. The van der Waals surface area contributed by atoms with Gasteiger partial charge in [-0.25, -0.2) is 13.6 Å². The van der Waals surface area contributed by atoms with Gasteiger partial charge in [-0.1, -0.05) is 6.07 Å². The van der Waals surface area contributed by atoms with Crippen LogP contribution in [0.1, 0.15) is 22.3 Å². The van der Waals surface area contributed by atoms with Crippen LogP contribution in [0, 0.1) is 0 Å². The van der Waals surface area contributed by atoms with Crippen molar-refractivity contribution >= 4 is 15.9 Å². The van der Waals surface area contributed by atoms with Crippen molar-refractivity contribution in [1.82, 2.24) is 5.32 Å². The molecule has 0 aliphatic carbocycles. The highest BCUT2D eigenvalue weighted by Gasteiger charge is 2.18. The van der Waals surface area contributed by atoms with Crippen molar-refractivity contribution in [3.8, 4) is 0 Å². The minimum atomic E-state index is -3.75. The van der Waals surface area contributed by atoms with E-state index < -0.39 is 10.0 Å². The predicted molar refractivity (Wildman–Crippen MR) is 58.5 cm³/mol. The zero-order chi connectivity index (χ0) is 11.8. The molecule has 6 heteroatoms. The van der Waals surface area contributed by atoms with Crippen molar-refractivity contribution < 1.29 is 13.2 Å². The lowest BCUT2D eigenvalue weighted by molar-refractivity contribution is 0.0956. The number of sulfonamides is 1. The van der Waals surface area contributed by atoms with Crippen molar-refractivity contribution in [3.05, 3.63) is 29.3 Å². The van der Waals surface area contributed by atoms with E-state index in [1.54, 1.807) is 6.07 Å². The molecule has 1 aliphatic rings. The van der Waals surface area contributed by atoms with E-state index in [9.17, 15) is 13.2 Å². The van der Waals surface area contributed by atoms with Crippen LogP contribution in [0.3, 0.4) is 0 Å². The van der Waals surface area contributed by atoms with Crippen LogP contribution < -0.4 is 10.5 Å². The van der Waals surface area contributed by atoms with Crippen molar-refractivity contribution in [3.63, 3.8) is 0 Å². The lowest BCUT2D eigenvalue weighted by atomic mass is 10.0. The van der Waals surface area contributed by atoms with Crippen LogP contribution in [-0.2, 0) is 16.4 Å². The summed E-state index contributed by atoms with van der Waals surface area (Å²) in [4.78, 5) is 11.6. The summed E-state index contributed by atoms with van der Waals surface area (Å²) in [6, 6.07) is 4.43. The second-order valence-electron chi connectivity index (χ2n) is 3.72. The lowest BCUT2D eigenvalue weighted by Gasteiger charge is -2.06. The summed E-state index contributed by atoms with van der Waals surface area (Å²) in [5.74, 6) is -0.238. The van der Waals surface area contributed by atoms with Gasteiger partial charge in [0.2, 0.25) is 10.0 Å². The number of carbonyl (C=O) groups excluding carboxylic acids is 1. The second-order valence-corrected chi connectivity index (χ2v) is 5.28. The van der Waals surface area contributed by atoms with E-state index in [0.29, 0.717) is 12.1 Å². The topological polar surface area (TPSA) is 89.3 Å². The number of nitrogens with two attached hydrogens (primary N) is 1. The molecule has 0 aromatic heterocycles. The molecule has 5 nitrogen and oxygen atoms in total. The van der Waals surface area contributed by atoms with E-state index in [2.05, 4.69) is 5.32 Å². The van der Waals surface area contributed by atoms with E-state index in [4.69, 9.17) is 5.14 Å². The Balaban J connectivity index is 2.56. The molecule has 1 heterocycles. The van der Waals surface area contributed by atoms with E-state index in [-0.39, 0.29) is 10.8 Å². The molecular formula is C10H12N2O3S. The van der Waals surface area contributed by atoms with Crippen LogP contribution in [-0.4, -0.2) is 20.9 Å². The van der Waals surface area contributed by atoms with Crippen molar-refractivity contribution in [2.24, 2.45) is 5.14 Å². The third kappa shape index (κ3) is 2.07. The maximum atomic E-state index is 11.6. The first kappa shape index (κ1) is 11.1. The number of fused-ring (bicyclic) bond motifs is 1. The molecule has 0 saturated heterocycles. The van der Waals surface area contributed by atoms with E-state index >= 15 is 0 Å². The fourth-order valence-electron chi connectivity index (χ4n) is 1.74. The van der Waals surface area contributed by atoms with Crippen LogP contribution in [0.2, 0.25) is 0 Å². The highest BCUT2D eigenvalue weighted by Crippen LogP contribution is 2.18. The average molecular weight is 240 g/mol. The zero-order valence-corrected chi connectivity index (χ0v) is 9.38. The van der Waals surface area contributed by atoms with Crippen LogP contribution in [0.25, 0.3) is 0 Å². The molecule has 0 atom stereocenters. The minimum Gasteiger partial charge on any atom is -0.352 e. The first-order chi connectivity index (χ1) is 7.48. The van der Waals surface area contributed by atoms with Gasteiger partial charge in [-0.15, -0.1) is 0 Å². The molecule has 0 fully saturated rings. The summed E-state index contributed by atoms with van der Waals surface area (Å²) >= 11 is 0. The summed E-state index contributed by atoms with van der Waals surface area (Å²) in [5.41, 5.74) is 1.27. The summed E-state index contributed by atoms with van der Waals surface area (Å²) < 4.78 is 22.3. The van der Waals surface area contributed by atoms with Crippen molar-refractivity contribution in [1.29, 1.82) is 0 Å². The highest BCUT2D eigenvalue weighted by atomic mass is 32.2. The summed E-state index contributed by atoms with van der Waals surface area (Å²) in [6.07, 6.45) is 1.62. The standard InChI is InChI=1S/C10H12N2O3S/c11-16(14,15)8-4-3-7-2-1-5-12-10(13)9(7)6-8/h3-4,6H,1-2,5H2,(H,12,13)(H2,11,14,15). The number of rotatable bonds is 1. The van der Waals surface area contributed by atoms with Gasteiger partial charge in [0.25, 0.3) is 5.91 Å². The third-order valence-corrected chi connectivity index (χ3v) is 3.47. The van der Waals surface area contributed by atoms with Gasteiger partial charge >= 0.3 is 0 Å².